The fraction of sp³-hybridized carbons (Fsp3) is 0.111. The van der Waals surface area contributed by atoms with Crippen LogP contribution in [0, 0.1) is 13.8 Å². The lowest BCUT2D eigenvalue weighted by atomic mass is 10.1. The summed E-state index contributed by atoms with van der Waals surface area (Å²) in [6.45, 7) is 3.96. The van der Waals surface area contributed by atoms with Crippen molar-refractivity contribution in [1.82, 2.24) is 19.4 Å². The number of hydrogen-bond donors (Lipinski definition) is 1. The Hall–Kier alpha value is -4.71. The first kappa shape index (κ1) is 25.9. The molecule has 0 amide bonds. The highest BCUT2D eigenvalue weighted by Crippen LogP contribution is 2.25. The fourth-order valence-corrected chi connectivity index (χ4v) is 4.42. The minimum atomic E-state index is -4.75. The summed E-state index contributed by atoms with van der Waals surface area (Å²) in [6, 6.07) is 18.6. The second-order valence-electron chi connectivity index (χ2n) is 8.46. The Kier molecular flexibility index (Phi) is 7.03. The van der Waals surface area contributed by atoms with Crippen LogP contribution >= 0.6 is 11.3 Å². The summed E-state index contributed by atoms with van der Waals surface area (Å²) < 4.78 is 43.8. The summed E-state index contributed by atoms with van der Waals surface area (Å²) in [7, 11) is 0. The summed E-state index contributed by atoms with van der Waals surface area (Å²) in [4.78, 5) is 9.54. The molecule has 0 saturated carbocycles. The van der Waals surface area contributed by atoms with E-state index >= 15 is 0 Å². The molecule has 0 aliphatic heterocycles. The van der Waals surface area contributed by atoms with Gasteiger partial charge in [-0.15, -0.1) is 18.3 Å². The molecule has 12 heteroatoms. The van der Waals surface area contributed by atoms with E-state index in [9.17, 15) is 18.3 Å². The molecule has 0 radical (unpaired) electrons. The van der Waals surface area contributed by atoms with Crippen LogP contribution in [0.5, 0.6) is 11.6 Å². The number of benzene rings is 3. The van der Waals surface area contributed by atoms with Gasteiger partial charge in [0.2, 0.25) is 10.7 Å². The maximum Gasteiger partial charge on any atom is 0.573 e. The number of para-hydroxylation sites is 1. The lowest BCUT2D eigenvalue weighted by molar-refractivity contribution is -0.274. The van der Waals surface area contributed by atoms with E-state index in [2.05, 4.69) is 19.9 Å². The summed E-state index contributed by atoms with van der Waals surface area (Å²) in [5.41, 5.74) is 4.93. The summed E-state index contributed by atoms with van der Waals surface area (Å²) in [5, 5.41) is 20.7. The minimum absolute atomic E-state index is 0.0226. The number of aromatic hydroxyl groups is 1. The second-order valence-corrected chi connectivity index (χ2v) is 9.30. The van der Waals surface area contributed by atoms with Gasteiger partial charge in [0.05, 0.1) is 23.0 Å². The first-order valence-corrected chi connectivity index (χ1v) is 12.5. The highest BCUT2D eigenvalue weighted by atomic mass is 32.1. The van der Waals surface area contributed by atoms with E-state index in [0.717, 1.165) is 27.9 Å². The SMILES string of the molecule is Cc1cccc(C)c1N=c1scc(O)n1N=Cc1ccc(-c2ncn(-c3ccc(OC(F)(F)F)cc3)n2)cc1. The number of halogens is 3. The minimum Gasteiger partial charge on any atom is -0.493 e. The molecule has 1 N–H and O–H groups in total. The topological polar surface area (TPSA) is 89.8 Å². The standard InChI is InChI=1S/C27H21F3N6O2S/c1-17-4-3-5-18(2)24(17)33-26-36(23(37)15-39-26)32-14-19-6-8-20(9-7-19)25-31-16-35(34-25)21-10-12-22(13-11-21)38-27(28,29)30/h3-16,37H,1-2H3. The smallest absolute Gasteiger partial charge is 0.493 e. The Morgan fingerprint density at radius 2 is 1.67 bits per heavy atom. The first-order valence-electron chi connectivity index (χ1n) is 11.6. The van der Waals surface area contributed by atoms with Crippen molar-refractivity contribution in [2.45, 2.75) is 20.2 Å². The van der Waals surface area contributed by atoms with Gasteiger partial charge < -0.3 is 9.84 Å². The molecule has 39 heavy (non-hydrogen) atoms. The maximum atomic E-state index is 12.4. The Labute approximate surface area is 224 Å². The Morgan fingerprint density at radius 1 is 0.974 bits per heavy atom. The molecule has 0 bridgehead atoms. The molecule has 0 spiro atoms. The van der Waals surface area contributed by atoms with Crippen LogP contribution in [0.3, 0.4) is 0 Å². The molecular formula is C27H21F3N6O2S. The van der Waals surface area contributed by atoms with Crippen molar-refractivity contribution in [2.75, 3.05) is 0 Å². The van der Waals surface area contributed by atoms with Gasteiger partial charge in [-0.2, -0.15) is 9.78 Å². The van der Waals surface area contributed by atoms with Crippen LogP contribution in [-0.2, 0) is 0 Å². The van der Waals surface area contributed by atoms with Crippen LogP contribution in [0.2, 0.25) is 0 Å². The summed E-state index contributed by atoms with van der Waals surface area (Å²) >= 11 is 1.28. The van der Waals surface area contributed by atoms with Gasteiger partial charge >= 0.3 is 6.36 Å². The van der Waals surface area contributed by atoms with Crippen molar-refractivity contribution in [1.29, 1.82) is 0 Å². The molecule has 5 rings (SSSR count). The number of hydrogen-bond acceptors (Lipinski definition) is 7. The number of aryl methyl sites for hydroxylation is 2. The van der Waals surface area contributed by atoms with E-state index in [1.165, 1.54) is 51.3 Å². The quantitative estimate of drug-likeness (QED) is 0.258. The highest BCUT2D eigenvalue weighted by Gasteiger charge is 2.31. The van der Waals surface area contributed by atoms with Crippen LogP contribution in [0.25, 0.3) is 17.1 Å². The van der Waals surface area contributed by atoms with Gasteiger partial charge in [0.15, 0.2) is 5.82 Å². The summed E-state index contributed by atoms with van der Waals surface area (Å²) in [5.74, 6) is 0.100. The van der Waals surface area contributed by atoms with Crippen molar-refractivity contribution in [3.8, 4) is 28.7 Å². The van der Waals surface area contributed by atoms with Crippen LogP contribution in [-0.4, -0.2) is 37.1 Å². The van der Waals surface area contributed by atoms with Gasteiger partial charge in [-0.1, -0.05) is 53.8 Å². The van der Waals surface area contributed by atoms with Crippen LogP contribution in [0.4, 0.5) is 18.9 Å². The molecule has 2 aromatic heterocycles. The van der Waals surface area contributed by atoms with Crippen molar-refractivity contribution < 1.29 is 23.0 Å². The van der Waals surface area contributed by atoms with Crippen molar-refractivity contribution in [3.05, 3.63) is 99.9 Å². The van der Waals surface area contributed by atoms with Crippen LogP contribution < -0.4 is 9.54 Å². The molecule has 5 aromatic rings. The predicted molar refractivity (Wildman–Crippen MR) is 142 cm³/mol. The fourth-order valence-electron chi connectivity index (χ4n) is 3.73. The lowest BCUT2D eigenvalue weighted by Gasteiger charge is -2.09. The molecule has 198 valence electrons. The van der Waals surface area contributed by atoms with E-state index in [1.807, 2.05) is 56.3 Å². The Balaban J connectivity index is 1.33. The number of thiazole rings is 1. The molecule has 0 saturated heterocycles. The largest absolute Gasteiger partial charge is 0.573 e. The number of aromatic nitrogens is 4. The van der Waals surface area contributed by atoms with E-state index < -0.39 is 6.36 Å². The second kappa shape index (κ2) is 10.6. The Morgan fingerprint density at radius 3 is 2.33 bits per heavy atom. The highest BCUT2D eigenvalue weighted by molar-refractivity contribution is 7.07. The van der Waals surface area contributed by atoms with Gasteiger partial charge in [0.1, 0.15) is 12.1 Å². The Bertz CT molecular complexity index is 1680. The molecule has 0 aliphatic rings. The number of nitrogens with zero attached hydrogens (tertiary/aromatic N) is 6. The molecule has 0 atom stereocenters. The molecular weight excluding hydrogens is 529 g/mol. The van der Waals surface area contributed by atoms with Gasteiger partial charge in [-0.05, 0) is 54.8 Å². The average molecular weight is 551 g/mol. The van der Waals surface area contributed by atoms with Crippen molar-refractivity contribution in [2.24, 2.45) is 10.1 Å². The van der Waals surface area contributed by atoms with Crippen molar-refractivity contribution >= 4 is 23.2 Å². The van der Waals surface area contributed by atoms with Crippen LogP contribution in [0.1, 0.15) is 16.7 Å². The van der Waals surface area contributed by atoms with E-state index in [-0.39, 0.29) is 11.6 Å². The number of alkyl halides is 3. The van der Waals surface area contributed by atoms with Crippen LogP contribution in [0.15, 0.2) is 88.5 Å². The van der Waals surface area contributed by atoms with E-state index in [4.69, 9.17) is 4.99 Å². The zero-order valence-corrected chi connectivity index (χ0v) is 21.5. The van der Waals surface area contributed by atoms with E-state index in [0.29, 0.717) is 16.3 Å². The molecule has 0 unspecified atom stereocenters. The number of ether oxygens (including phenoxy) is 1. The number of rotatable bonds is 6. The monoisotopic (exact) mass is 550 g/mol. The molecule has 0 fully saturated rings. The normalized spacial score (nSPS) is 12.4. The maximum absolute atomic E-state index is 12.4. The average Bonchev–Trinajstić information content (AvgIpc) is 3.52. The molecule has 8 nitrogen and oxygen atoms in total. The van der Waals surface area contributed by atoms with Gasteiger partial charge in [-0.3, -0.25) is 0 Å². The summed E-state index contributed by atoms with van der Waals surface area (Å²) in [6.07, 6.45) is -1.67. The third kappa shape index (κ3) is 6.07. The zero-order valence-electron chi connectivity index (χ0n) is 20.7. The van der Waals surface area contributed by atoms with Gasteiger partial charge in [0, 0.05) is 5.56 Å². The third-order valence-electron chi connectivity index (χ3n) is 5.63. The zero-order chi connectivity index (χ0) is 27.6. The van der Waals surface area contributed by atoms with Gasteiger partial charge in [0.25, 0.3) is 0 Å². The van der Waals surface area contributed by atoms with Gasteiger partial charge in [-0.25, -0.2) is 14.7 Å². The predicted octanol–water partition coefficient (Wildman–Crippen LogP) is 6.13. The van der Waals surface area contributed by atoms with Crippen molar-refractivity contribution in [3.63, 3.8) is 0 Å². The van der Waals surface area contributed by atoms with E-state index in [1.54, 1.807) is 11.6 Å². The third-order valence-corrected chi connectivity index (χ3v) is 6.44. The first-order chi connectivity index (χ1) is 18.7. The molecule has 0 aliphatic carbocycles. The molecule has 2 heterocycles. The lowest BCUT2D eigenvalue weighted by Crippen LogP contribution is -2.17. The molecule has 3 aromatic carbocycles.